The molecule has 3 heterocycles. The first-order chi connectivity index (χ1) is 7.45. The summed E-state index contributed by atoms with van der Waals surface area (Å²) in [6, 6.07) is 0.393. The Hall–Kier alpha value is -1.82. The van der Waals surface area contributed by atoms with Crippen LogP contribution in [0.2, 0.25) is 0 Å². The summed E-state index contributed by atoms with van der Waals surface area (Å²) >= 11 is 0. The van der Waals surface area contributed by atoms with Crippen molar-refractivity contribution in [2.45, 2.75) is 6.04 Å². The van der Waals surface area contributed by atoms with Crippen LogP contribution in [0, 0.1) is 0 Å². The van der Waals surface area contributed by atoms with Gasteiger partial charge in [-0.15, -0.1) is 5.10 Å². The van der Waals surface area contributed by atoms with Crippen molar-refractivity contribution in [3.8, 4) is 11.4 Å². The van der Waals surface area contributed by atoms with E-state index in [0.717, 1.165) is 24.5 Å². The minimum atomic E-state index is 0.393. The van der Waals surface area contributed by atoms with Crippen LogP contribution in [0.3, 0.4) is 0 Å². The Balaban J connectivity index is 2.01. The average Bonchev–Trinajstić information content (AvgIpc) is 2.65. The van der Waals surface area contributed by atoms with Crippen molar-refractivity contribution < 1.29 is 0 Å². The van der Waals surface area contributed by atoms with Crippen LogP contribution in [-0.2, 0) is 0 Å². The molecule has 0 amide bonds. The van der Waals surface area contributed by atoms with E-state index in [-0.39, 0.29) is 0 Å². The zero-order valence-corrected chi connectivity index (χ0v) is 8.04. The van der Waals surface area contributed by atoms with E-state index in [4.69, 9.17) is 0 Å². The van der Waals surface area contributed by atoms with Gasteiger partial charge in [0.25, 0.3) is 0 Å². The van der Waals surface area contributed by atoms with Crippen LogP contribution in [-0.4, -0.2) is 38.1 Å². The largest absolute Gasteiger partial charge is 0.312 e. The first-order valence-corrected chi connectivity index (χ1v) is 4.82. The minimum absolute atomic E-state index is 0.393. The highest BCUT2D eigenvalue weighted by Crippen LogP contribution is 2.19. The van der Waals surface area contributed by atoms with Crippen LogP contribution in [0.15, 0.2) is 24.8 Å². The number of aromatic nitrogens is 5. The Morgan fingerprint density at radius 2 is 2.20 bits per heavy atom. The predicted octanol–water partition coefficient (Wildman–Crippen LogP) is -0.121. The van der Waals surface area contributed by atoms with E-state index in [2.05, 4.69) is 25.6 Å². The molecule has 2 aromatic rings. The van der Waals surface area contributed by atoms with Gasteiger partial charge in [-0.1, -0.05) is 5.21 Å². The van der Waals surface area contributed by atoms with Gasteiger partial charge in [-0.3, -0.25) is 9.97 Å². The van der Waals surface area contributed by atoms with E-state index in [1.807, 2.05) is 4.68 Å². The molecule has 15 heavy (non-hydrogen) atoms. The van der Waals surface area contributed by atoms with Gasteiger partial charge in [0.15, 0.2) is 0 Å². The van der Waals surface area contributed by atoms with Crippen molar-refractivity contribution in [3.05, 3.63) is 24.8 Å². The molecule has 1 fully saturated rings. The third-order valence-corrected chi connectivity index (χ3v) is 2.51. The number of hydrogen-bond donors (Lipinski definition) is 1. The Kier molecular flexibility index (Phi) is 1.92. The van der Waals surface area contributed by atoms with E-state index in [1.54, 1.807) is 24.8 Å². The molecule has 0 aliphatic carbocycles. The molecule has 0 saturated carbocycles. The van der Waals surface area contributed by atoms with Gasteiger partial charge < -0.3 is 5.32 Å². The van der Waals surface area contributed by atoms with Gasteiger partial charge in [0.1, 0.15) is 11.4 Å². The maximum atomic E-state index is 4.24. The first kappa shape index (κ1) is 8.49. The van der Waals surface area contributed by atoms with Crippen molar-refractivity contribution in [2.24, 2.45) is 0 Å². The lowest BCUT2D eigenvalue weighted by Crippen LogP contribution is -2.44. The molecule has 0 unspecified atom stereocenters. The molecule has 3 rings (SSSR count). The molecule has 0 aromatic carbocycles. The molecular weight excluding hydrogens is 192 g/mol. The fourth-order valence-corrected chi connectivity index (χ4v) is 1.57. The van der Waals surface area contributed by atoms with Crippen molar-refractivity contribution in [3.63, 3.8) is 0 Å². The van der Waals surface area contributed by atoms with E-state index in [0.29, 0.717) is 6.04 Å². The number of nitrogens with one attached hydrogen (secondary N) is 1. The molecule has 1 aliphatic heterocycles. The van der Waals surface area contributed by atoms with Crippen LogP contribution < -0.4 is 5.32 Å². The second-order valence-electron chi connectivity index (χ2n) is 3.47. The SMILES string of the molecule is c1cnc(-c2cnnn2C2CNC2)cn1. The molecular formula is C9H10N6. The summed E-state index contributed by atoms with van der Waals surface area (Å²) in [6.45, 7) is 1.88. The maximum absolute atomic E-state index is 4.24. The maximum Gasteiger partial charge on any atom is 0.109 e. The summed E-state index contributed by atoms with van der Waals surface area (Å²) < 4.78 is 1.90. The Bertz CT molecular complexity index is 447. The highest BCUT2D eigenvalue weighted by molar-refractivity contribution is 5.51. The van der Waals surface area contributed by atoms with Crippen molar-refractivity contribution in [2.75, 3.05) is 13.1 Å². The van der Waals surface area contributed by atoms with Gasteiger partial charge in [0.2, 0.25) is 0 Å². The van der Waals surface area contributed by atoms with Crippen LogP contribution in [0.1, 0.15) is 6.04 Å². The van der Waals surface area contributed by atoms with E-state index in [1.165, 1.54) is 0 Å². The average molecular weight is 202 g/mol. The zero-order chi connectivity index (χ0) is 10.1. The molecule has 0 atom stereocenters. The predicted molar refractivity (Wildman–Crippen MR) is 53.0 cm³/mol. The van der Waals surface area contributed by atoms with Gasteiger partial charge in [-0.25, -0.2) is 4.68 Å². The molecule has 0 bridgehead atoms. The fraction of sp³-hybridized carbons (Fsp3) is 0.333. The summed E-state index contributed by atoms with van der Waals surface area (Å²) in [4.78, 5) is 8.28. The summed E-state index contributed by atoms with van der Waals surface area (Å²) in [5.74, 6) is 0. The highest BCUT2D eigenvalue weighted by Gasteiger charge is 2.23. The molecule has 6 nitrogen and oxygen atoms in total. The number of rotatable bonds is 2. The van der Waals surface area contributed by atoms with Crippen molar-refractivity contribution in [1.29, 1.82) is 0 Å². The lowest BCUT2D eigenvalue weighted by atomic mass is 10.2. The molecule has 0 spiro atoms. The summed E-state index contributed by atoms with van der Waals surface area (Å²) in [7, 11) is 0. The van der Waals surface area contributed by atoms with Gasteiger partial charge in [-0.05, 0) is 0 Å². The number of hydrogen-bond acceptors (Lipinski definition) is 5. The van der Waals surface area contributed by atoms with E-state index < -0.39 is 0 Å². The molecule has 1 N–H and O–H groups in total. The van der Waals surface area contributed by atoms with Crippen LogP contribution in [0.25, 0.3) is 11.4 Å². The molecule has 1 saturated heterocycles. The Morgan fingerprint density at radius 3 is 2.87 bits per heavy atom. The number of nitrogens with zero attached hydrogens (tertiary/aromatic N) is 5. The molecule has 2 aromatic heterocycles. The summed E-state index contributed by atoms with van der Waals surface area (Å²) in [5, 5.41) is 11.2. The van der Waals surface area contributed by atoms with E-state index >= 15 is 0 Å². The van der Waals surface area contributed by atoms with Crippen LogP contribution in [0.5, 0.6) is 0 Å². The standard InChI is InChI=1S/C9H10N6/c1-2-12-8(5-10-1)9-6-13-14-15(9)7-3-11-4-7/h1-2,5-7,11H,3-4H2. The van der Waals surface area contributed by atoms with Gasteiger partial charge in [0, 0.05) is 25.5 Å². The Labute approximate surface area is 86.4 Å². The minimum Gasteiger partial charge on any atom is -0.312 e. The van der Waals surface area contributed by atoms with Crippen LogP contribution >= 0.6 is 0 Å². The highest BCUT2D eigenvalue weighted by atomic mass is 15.5. The van der Waals surface area contributed by atoms with Crippen molar-refractivity contribution >= 4 is 0 Å². The summed E-state index contributed by atoms with van der Waals surface area (Å²) in [5.41, 5.74) is 1.74. The van der Waals surface area contributed by atoms with Gasteiger partial charge >= 0.3 is 0 Å². The van der Waals surface area contributed by atoms with E-state index in [9.17, 15) is 0 Å². The third-order valence-electron chi connectivity index (χ3n) is 2.51. The normalized spacial score (nSPS) is 16.3. The third kappa shape index (κ3) is 1.39. The molecule has 1 aliphatic rings. The lowest BCUT2D eigenvalue weighted by Gasteiger charge is -2.27. The zero-order valence-electron chi connectivity index (χ0n) is 8.04. The smallest absolute Gasteiger partial charge is 0.109 e. The topological polar surface area (TPSA) is 68.5 Å². The summed E-state index contributed by atoms with van der Waals surface area (Å²) in [6.07, 6.45) is 6.78. The first-order valence-electron chi connectivity index (χ1n) is 4.82. The second kappa shape index (κ2) is 3.39. The second-order valence-corrected chi connectivity index (χ2v) is 3.47. The molecule has 0 radical (unpaired) electrons. The quantitative estimate of drug-likeness (QED) is 0.735. The monoisotopic (exact) mass is 202 g/mol. The van der Waals surface area contributed by atoms with Crippen molar-refractivity contribution in [1.82, 2.24) is 30.3 Å². The van der Waals surface area contributed by atoms with Crippen LogP contribution in [0.4, 0.5) is 0 Å². The Morgan fingerprint density at radius 1 is 1.27 bits per heavy atom. The lowest BCUT2D eigenvalue weighted by molar-refractivity contribution is 0.315. The van der Waals surface area contributed by atoms with Gasteiger partial charge in [0.05, 0.1) is 18.4 Å². The van der Waals surface area contributed by atoms with Gasteiger partial charge in [-0.2, -0.15) is 0 Å². The fourth-order valence-electron chi connectivity index (χ4n) is 1.57. The molecule has 76 valence electrons. The molecule has 6 heteroatoms.